The molecule has 0 radical (unpaired) electrons. The van der Waals surface area contributed by atoms with Crippen LogP contribution < -0.4 is 10.6 Å². The van der Waals surface area contributed by atoms with Crippen LogP contribution in [0.2, 0.25) is 0 Å². The maximum Gasteiger partial charge on any atom is 0.320 e. The van der Waals surface area contributed by atoms with Crippen LogP contribution in [0.1, 0.15) is 35.7 Å². The molecule has 3 aromatic rings. The van der Waals surface area contributed by atoms with Crippen molar-refractivity contribution in [3.8, 4) is 0 Å². The van der Waals surface area contributed by atoms with Crippen LogP contribution in [0.3, 0.4) is 0 Å². The van der Waals surface area contributed by atoms with E-state index in [2.05, 4.69) is 15.6 Å². The van der Waals surface area contributed by atoms with Crippen LogP contribution in [-0.2, 0) is 4.79 Å². The monoisotopic (exact) mass is 390 g/mol. The summed E-state index contributed by atoms with van der Waals surface area (Å²) in [6.45, 7) is -1.66. The van der Waals surface area contributed by atoms with Crippen molar-refractivity contribution in [3.63, 3.8) is 0 Å². The van der Waals surface area contributed by atoms with E-state index in [4.69, 9.17) is 0 Å². The summed E-state index contributed by atoms with van der Waals surface area (Å²) < 4.78 is 40.6. The lowest BCUT2D eigenvalue weighted by atomic mass is 10.2. The van der Waals surface area contributed by atoms with Crippen molar-refractivity contribution in [3.05, 3.63) is 65.7 Å². The quantitative estimate of drug-likeness (QED) is 0.679. The number of fused-ring (bicyclic) bond motifs is 1. The minimum atomic E-state index is -2.82. The minimum Gasteiger partial charge on any atom is -0.345 e. The van der Waals surface area contributed by atoms with Crippen molar-refractivity contribution in [2.75, 3.05) is 6.54 Å². The first-order valence-corrected chi connectivity index (χ1v) is 8.45. The number of carbonyl (C=O) groups is 2. The third kappa shape index (κ3) is 4.13. The van der Waals surface area contributed by atoms with Gasteiger partial charge in [-0.25, -0.2) is 9.37 Å². The van der Waals surface area contributed by atoms with Gasteiger partial charge in [0.2, 0.25) is 5.91 Å². The Hall–Kier alpha value is -3.36. The number of hydrogen-bond acceptors (Lipinski definition) is 3. The Morgan fingerprint density at radius 2 is 1.79 bits per heavy atom. The highest BCUT2D eigenvalue weighted by atomic mass is 19.3. The average Bonchev–Trinajstić information content (AvgIpc) is 3.06. The van der Waals surface area contributed by atoms with E-state index in [0.29, 0.717) is 5.52 Å². The van der Waals surface area contributed by atoms with Crippen LogP contribution in [0, 0.1) is 5.82 Å². The normalized spacial score (nSPS) is 12.2. The molecule has 0 spiro atoms. The van der Waals surface area contributed by atoms with E-state index in [-0.39, 0.29) is 23.4 Å². The van der Waals surface area contributed by atoms with E-state index in [1.807, 2.05) is 0 Å². The topological polar surface area (TPSA) is 76.0 Å². The van der Waals surface area contributed by atoms with Crippen molar-refractivity contribution in [2.24, 2.45) is 0 Å². The molecule has 0 fully saturated rings. The number of hydrogen-bond donors (Lipinski definition) is 2. The Labute approximate surface area is 158 Å². The van der Waals surface area contributed by atoms with Gasteiger partial charge in [-0.2, -0.15) is 8.78 Å². The van der Waals surface area contributed by atoms with Crippen LogP contribution in [0.4, 0.5) is 13.2 Å². The fraction of sp³-hybridized carbons (Fsp3) is 0.211. The molecule has 2 aromatic carbocycles. The second-order valence-corrected chi connectivity index (χ2v) is 6.09. The molecule has 0 aliphatic heterocycles. The Bertz CT molecular complexity index is 1000. The number of rotatable bonds is 6. The largest absolute Gasteiger partial charge is 0.345 e. The Balaban J connectivity index is 1.66. The standard InChI is InChI=1S/C19H17F3N4O2/c1-11(17-25-14-4-2-3-5-15(14)26(17)19(21)22)24-16(27)10-23-18(28)12-6-8-13(20)9-7-12/h2-9,11,19H,10H2,1H3,(H,23,28)(H,24,27)/t11-/m0/s1. The molecule has 0 saturated carbocycles. The third-order valence-electron chi connectivity index (χ3n) is 4.10. The first-order chi connectivity index (χ1) is 13.4. The summed E-state index contributed by atoms with van der Waals surface area (Å²) in [5.74, 6) is -1.60. The number of nitrogens with zero attached hydrogens (tertiary/aromatic N) is 2. The number of halogens is 3. The molecular formula is C19H17F3N4O2. The van der Waals surface area contributed by atoms with Gasteiger partial charge in [-0.15, -0.1) is 0 Å². The maximum atomic E-state index is 13.5. The summed E-state index contributed by atoms with van der Waals surface area (Å²) in [7, 11) is 0. The van der Waals surface area contributed by atoms with Crippen LogP contribution in [-0.4, -0.2) is 27.9 Å². The lowest BCUT2D eigenvalue weighted by Crippen LogP contribution is -2.38. The number of aromatic nitrogens is 2. The van der Waals surface area contributed by atoms with Gasteiger partial charge in [-0.3, -0.25) is 14.2 Å². The Morgan fingerprint density at radius 3 is 2.46 bits per heavy atom. The van der Waals surface area contributed by atoms with Gasteiger partial charge in [0.25, 0.3) is 5.91 Å². The number of alkyl halides is 2. The molecule has 0 bridgehead atoms. The highest BCUT2D eigenvalue weighted by molar-refractivity contribution is 5.96. The molecular weight excluding hydrogens is 373 g/mol. The smallest absolute Gasteiger partial charge is 0.320 e. The number of benzene rings is 2. The molecule has 9 heteroatoms. The second kappa shape index (κ2) is 8.12. The van der Waals surface area contributed by atoms with Gasteiger partial charge in [-0.1, -0.05) is 12.1 Å². The van der Waals surface area contributed by atoms with Gasteiger partial charge < -0.3 is 10.6 Å². The molecule has 1 aromatic heterocycles. The van der Waals surface area contributed by atoms with E-state index in [1.54, 1.807) is 18.2 Å². The lowest BCUT2D eigenvalue weighted by Gasteiger charge is -2.16. The van der Waals surface area contributed by atoms with E-state index < -0.39 is 30.2 Å². The van der Waals surface area contributed by atoms with Crippen molar-refractivity contribution in [1.82, 2.24) is 20.2 Å². The van der Waals surface area contributed by atoms with Crippen LogP contribution in [0.15, 0.2) is 48.5 Å². The van der Waals surface area contributed by atoms with Gasteiger partial charge in [0.05, 0.1) is 23.6 Å². The van der Waals surface area contributed by atoms with Crippen molar-refractivity contribution >= 4 is 22.8 Å². The summed E-state index contributed by atoms with van der Waals surface area (Å²) in [5, 5.41) is 4.93. The SMILES string of the molecule is C[C@H](NC(=O)CNC(=O)c1ccc(F)cc1)c1nc2ccccc2n1C(F)F. The summed E-state index contributed by atoms with van der Waals surface area (Å²) in [6.07, 6.45) is 0. The molecule has 0 aliphatic carbocycles. The van der Waals surface area contributed by atoms with Gasteiger partial charge in [-0.05, 0) is 43.3 Å². The first kappa shape index (κ1) is 19.4. The van der Waals surface area contributed by atoms with Gasteiger partial charge in [0.15, 0.2) is 0 Å². The highest BCUT2D eigenvalue weighted by Gasteiger charge is 2.23. The number of nitrogens with one attached hydrogen (secondary N) is 2. The van der Waals surface area contributed by atoms with E-state index >= 15 is 0 Å². The van der Waals surface area contributed by atoms with Crippen LogP contribution >= 0.6 is 0 Å². The molecule has 1 atom stereocenters. The minimum absolute atomic E-state index is 0.00871. The zero-order chi connectivity index (χ0) is 20.3. The predicted octanol–water partition coefficient (Wildman–Crippen LogP) is 3.18. The summed E-state index contributed by atoms with van der Waals surface area (Å²) >= 11 is 0. The molecule has 6 nitrogen and oxygen atoms in total. The lowest BCUT2D eigenvalue weighted by molar-refractivity contribution is -0.120. The Morgan fingerprint density at radius 1 is 1.11 bits per heavy atom. The zero-order valence-electron chi connectivity index (χ0n) is 14.8. The average molecular weight is 390 g/mol. The van der Waals surface area contributed by atoms with Crippen LogP contribution in [0.25, 0.3) is 11.0 Å². The summed E-state index contributed by atoms with van der Waals surface area (Å²) in [4.78, 5) is 28.2. The number of para-hydroxylation sites is 2. The molecule has 0 saturated heterocycles. The van der Waals surface area contributed by atoms with Crippen LogP contribution in [0.5, 0.6) is 0 Å². The maximum absolute atomic E-state index is 13.5. The van der Waals surface area contributed by atoms with Crippen molar-refractivity contribution in [1.29, 1.82) is 0 Å². The molecule has 0 unspecified atom stereocenters. The third-order valence-corrected chi connectivity index (χ3v) is 4.10. The molecule has 0 aliphatic rings. The second-order valence-electron chi connectivity index (χ2n) is 6.09. The fourth-order valence-electron chi connectivity index (χ4n) is 2.79. The summed E-state index contributed by atoms with van der Waals surface area (Å²) in [5.41, 5.74) is 0.850. The highest BCUT2D eigenvalue weighted by Crippen LogP contribution is 2.26. The molecule has 1 heterocycles. The van der Waals surface area contributed by atoms with Gasteiger partial charge >= 0.3 is 6.55 Å². The molecule has 2 amide bonds. The van der Waals surface area contributed by atoms with Crippen molar-refractivity contribution < 1.29 is 22.8 Å². The van der Waals surface area contributed by atoms with Gasteiger partial charge in [0, 0.05) is 5.56 Å². The predicted molar refractivity (Wildman–Crippen MR) is 96.3 cm³/mol. The van der Waals surface area contributed by atoms with Gasteiger partial charge in [0.1, 0.15) is 11.6 Å². The first-order valence-electron chi connectivity index (χ1n) is 8.45. The molecule has 2 N–H and O–H groups in total. The van der Waals surface area contributed by atoms with E-state index in [1.165, 1.54) is 25.1 Å². The van der Waals surface area contributed by atoms with E-state index in [9.17, 15) is 22.8 Å². The van der Waals surface area contributed by atoms with Crippen molar-refractivity contribution in [2.45, 2.75) is 19.5 Å². The fourth-order valence-corrected chi connectivity index (χ4v) is 2.79. The summed E-state index contributed by atoms with van der Waals surface area (Å²) in [6, 6.07) is 10.5. The molecule has 28 heavy (non-hydrogen) atoms. The number of carbonyl (C=O) groups excluding carboxylic acids is 2. The van der Waals surface area contributed by atoms with E-state index in [0.717, 1.165) is 16.7 Å². The number of amides is 2. The zero-order valence-corrected chi connectivity index (χ0v) is 14.8. The molecule has 146 valence electrons. The molecule has 3 rings (SSSR count). The Kier molecular flexibility index (Phi) is 5.62. The number of imidazole rings is 1.